The number of benzene rings is 6. The summed E-state index contributed by atoms with van der Waals surface area (Å²) in [6, 6.07) is 55.6. The molecule has 0 unspecified atom stereocenters. The first kappa shape index (κ1) is 22.9. The molecule has 0 N–H and O–H groups in total. The highest BCUT2D eigenvalue weighted by Gasteiger charge is 2.18. The summed E-state index contributed by atoms with van der Waals surface area (Å²) >= 11 is 0. The first-order valence-corrected chi connectivity index (χ1v) is 13.2. The van der Waals surface area contributed by atoms with Gasteiger partial charge in [0.15, 0.2) is 0 Å². The molecule has 0 radical (unpaired) electrons. The molecule has 0 aliphatic carbocycles. The fourth-order valence-electron chi connectivity index (χ4n) is 5.35. The van der Waals surface area contributed by atoms with Gasteiger partial charge in [0.05, 0.1) is 11.0 Å². The van der Waals surface area contributed by atoms with E-state index in [1.165, 1.54) is 22.3 Å². The van der Waals surface area contributed by atoms with Gasteiger partial charge in [0, 0.05) is 11.3 Å². The van der Waals surface area contributed by atoms with E-state index in [0.29, 0.717) is 0 Å². The molecule has 0 saturated carbocycles. The minimum absolute atomic E-state index is 0.935. The Morgan fingerprint density at radius 2 is 0.872 bits per heavy atom. The quantitative estimate of drug-likeness (QED) is 0.231. The molecule has 6 aromatic carbocycles. The maximum atomic E-state index is 5.17. The number of hydrogen-bond donors (Lipinski definition) is 0. The fourth-order valence-corrected chi connectivity index (χ4v) is 5.35. The maximum Gasteiger partial charge on any atom is 0.146 e. The number of para-hydroxylation sites is 3. The second-order valence-electron chi connectivity index (χ2n) is 9.67. The van der Waals surface area contributed by atoms with Gasteiger partial charge in [-0.3, -0.25) is 4.57 Å². The van der Waals surface area contributed by atoms with Gasteiger partial charge < -0.3 is 0 Å². The van der Waals surface area contributed by atoms with Crippen LogP contribution in [0.2, 0.25) is 0 Å². The van der Waals surface area contributed by atoms with Crippen LogP contribution in [0.4, 0.5) is 0 Å². The lowest BCUT2D eigenvalue weighted by Crippen LogP contribution is -1.98. The Hall–Kier alpha value is -5.21. The highest BCUT2D eigenvalue weighted by Crippen LogP contribution is 2.39. The van der Waals surface area contributed by atoms with Crippen LogP contribution in [0.25, 0.3) is 61.5 Å². The molecule has 0 amide bonds. The summed E-state index contributed by atoms with van der Waals surface area (Å²) in [7, 11) is 0. The van der Waals surface area contributed by atoms with Gasteiger partial charge in [0.25, 0.3) is 0 Å². The third kappa shape index (κ3) is 4.32. The molecule has 7 aromatic rings. The van der Waals surface area contributed by atoms with E-state index in [-0.39, 0.29) is 0 Å². The Morgan fingerprint density at radius 3 is 1.51 bits per heavy atom. The van der Waals surface area contributed by atoms with Crippen molar-refractivity contribution in [2.45, 2.75) is 0 Å². The van der Waals surface area contributed by atoms with Crippen LogP contribution in [0, 0.1) is 0 Å². The van der Waals surface area contributed by atoms with E-state index in [9.17, 15) is 0 Å². The molecule has 0 fully saturated rings. The molecule has 0 atom stereocenters. The van der Waals surface area contributed by atoms with Gasteiger partial charge in [-0.1, -0.05) is 115 Å². The van der Waals surface area contributed by atoms with Crippen molar-refractivity contribution in [3.63, 3.8) is 0 Å². The Balaban J connectivity index is 1.49. The summed E-state index contributed by atoms with van der Waals surface area (Å²) in [6.07, 6.45) is 0. The molecule has 39 heavy (non-hydrogen) atoms. The van der Waals surface area contributed by atoms with E-state index >= 15 is 0 Å². The number of hydrogen-bond acceptors (Lipinski definition) is 1. The van der Waals surface area contributed by atoms with E-state index in [1.54, 1.807) is 0 Å². The maximum absolute atomic E-state index is 5.17. The van der Waals surface area contributed by atoms with E-state index < -0.39 is 0 Å². The van der Waals surface area contributed by atoms with Crippen LogP contribution in [-0.4, -0.2) is 9.55 Å². The van der Waals surface area contributed by atoms with Gasteiger partial charge >= 0.3 is 0 Å². The normalized spacial score (nSPS) is 11.1. The summed E-state index contributed by atoms with van der Waals surface area (Å²) in [5.41, 5.74) is 11.4. The molecule has 0 aliphatic rings. The summed E-state index contributed by atoms with van der Waals surface area (Å²) in [6.45, 7) is 0. The van der Waals surface area contributed by atoms with Crippen molar-refractivity contribution < 1.29 is 0 Å². The smallest absolute Gasteiger partial charge is 0.146 e. The van der Waals surface area contributed by atoms with Gasteiger partial charge in [-0.25, -0.2) is 4.98 Å². The average Bonchev–Trinajstić information content (AvgIpc) is 3.42. The lowest BCUT2D eigenvalue weighted by Gasteiger charge is -2.15. The molecular weight excluding hydrogens is 472 g/mol. The second kappa shape index (κ2) is 9.92. The van der Waals surface area contributed by atoms with Crippen LogP contribution in [0.3, 0.4) is 0 Å². The molecule has 1 heterocycles. The predicted octanol–water partition coefficient (Wildman–Crippen LogP) is 9.69. The number of rotatable bonds is 5. The molecule has 0 spiro atoms. The average molecular weight is 499 g/mol. The van der Waals surface area contributed by atoms with Crippen molar-refractivity contribution >= 4 is 11.0 Å². The molecular formula is C37H26N2. The van der Waals surface area contributed by atoms with Crippen LogP contribution >= 0.6 is 0 Å². The third-order valence-corrected chi connectivity index (χ3v) is 7.20. The topological polar surface area (TPSA) is 17.8 Å². The van der Waals surface area contributed by atoms with Gasteiger partial charge in [0.1, 0.15) is 5.82 Å². The van der Waals surface area contributed by atoms with Gasteiger partial charge in [0.2, 0.25) is 0 Å². The lowest BCUT2D eigenvalue weighted by molar-refractivity contribution is 1.10. The first-order chi connectivity index (χ1) is 19.3. The number of aromatic nitrogens is 2. The van der Waals surface area contributed by atoms with Crippen molar-refractivity contribution in [2.75, 3.05) is 0 Å². The molecule has 0 bridgehead atoms. The summed E-state index contributed by atoms with van der Waals surface area (Å²) in [5, 5.41) is 0. The second-order valence-corrected chi connectivity index (χ2v) is 9.67. The Morgan fingerprint density at radius 1 is 0.385 bits per heavy atom. The van der Waals surface area contributed by atoms with Gasteiger partial charge in [-0.05, 0) is 75.8 Å². The Kier molecular flexibility index (Phi) is 5.84. The van der Waals surface area contributed by atoms with E-state index in [1.807, 2.05) is 0 Å². The van der Waals surface area contributed by atoms with Crippen LogP contribution in [0.5, 0.6) is 0 Å². The van der Waals surface area contributed by atoms with Crippen molar-refractivity contribution in [1.29, 1.82) is 0 Å². The van der Waals surface area contributed by atoms with E-state index in [4.69, 9.17) is 4.98 Å². The zero-order valence-corrected chi connectivity index (χ0v) is 21.4. The molecule has 0 saturated heterocycles. The SMILES string of the molecule is c1ccc(-c2cc(-c3ccccc3)cc(-c3ccccc3-c3nc4ccccc4n3-c3ccccc3)c2)cc1. The molecule has 7 rings (SSSR count). The van der Waals surface area contributed by atoms with Crippen molar-refractivity contribution in [1.82, 2.24) is 9.55 Å². The highest BCUT2D eigenvalue weighted by molar-refractivity contribution is 5.91. The number of imidazole rings is 1. The van der Waals surface area contributed by atoms with Gasteiger partial charge in [-0.2, -0.15) is 0 Å². The molecule has 184 valence electrons. The Bertz CT molecular complexity index is 1830. The van der Waals surface area contributed by atoms with Crippen molar-refractivity contribution in [3.8, 4) is 50.5 Å². The Labute approximate surface area is 228 Å². The zero-order chi connectivity index (χ0) is 26.0. The largest absolute Gasteiger partial charge is 0.292 e. The number of fused-ring (bicyclic) bond motifs is 1. The van der Waals surface area contributed by atoms with Gasteiger partial charge in [-0.15, -0.1) is 0 Å². The minimum Gasteiger partial charge on any atom is -0.292 e. The monoisotopic (exact) mass is 498 g/mol. The fraction of sp³-hybridized carbons (Fsp3) is 0. The summed E-state index contributed by atoms with van der Waals surface area (Å²) in [4.78, 5) is 5.17. The summed E-state index contributed by atoms with van der Waals surface area (Å²) in [5.74, 6) is 0.935. The zero-order valence-electron chi connectivity index (χ0n) is 21.4. The third-order valence-electron chi connectivity index (χ3n) is 7.20. The van der Waals surface area contributed by atoms with E-state index in [0.717, 1.165) is 39.2 Å². The minimum atomic E-state index is 0.935. The van der Waals surface area contributed by atoms with Crippen molar-refractivity contribution in [3.05, 3.63) is 158 Å². The van der Waals surface area contributed by atoms with Crippen molar-refractivity contribution in [2.24, 2.45) is 0 Å². The van der Waals surface area contributed by atoms with Crippen LogP contribution in [0.15, 0.2) is 158 Å². The van der Waals surface area contributed by atoms with Crippen LogP contribution in [0.1, 0.15) is 0 Å². The molecule has 2 nitrogen and oxygen atoms in total. The molecule has 0 aliphatic heterocycles. The lowest BCUT2D eigenvalue weighted by atomic mass is 9.91. The first-order valence-electron chi connectivity index (χ1n) is 13.2. The molecule has 1 aromatic heterocycles. The van der Waals surface area contributed by atoms with Crippen LogP contribution in [-0.2, 0) is 0 Å². The predicted molar refractivity (Wildman–Crippen MR) is 163 cm³/mol. The summed E-state index contributed by atoms with van der Waals surface area (Å²) < 4.78 is 2.27. The van der Waals surface area contributed by atoms with E-state index in [2.05, 4.69) is 162 Å². The van der Waals surface area contributed by atoms with Crippen LogP contribution < -0.4 is 0 Å². The number of nitrogens with zero attached hydrogens (tertiary/aromatic N) is 2. The molecule has 2 heteroatoms. The standard InChI is InChI=1S/C37H26N2/c1-4-14-27(15-5-1)29-24-30(28-16-6-2-7-17-28)26-31(25-29)33-20-10-11-21-34(33)37-38-35-22-12-13-23-36(35)39(37)32-18-8-3-9-19-32/h1-26H. The highest BCUT2D eigenvalue weighted by atomic mass is 15.1.